The van der Waals surface area contributed by atoms with Crippen molar-refractivity contribution in [3.63, 3.8) is 0 Å². The molecule has 0 saturated carbocycles. The molecule has 2 aliphatic rings. The third-order valence-corrected chi connectivity index (χ3v) is 4.55. The zero-order valence-corrected chi connectivity index (χ0v) is 14.7. The van der Waals surface area contributed by atoms with E-state index in [1.165, 1.54) is 13.2 Å². The Morgan fingerprint density at radius 2 is 1.62 bits per heavy atom. The molecule has 2 fully saturated rings. The van der Waals surface area contributed by atoms with Crippen LogP contribution in [0.15, 0.2) is 12.7 Å². The first-order chi connectivity index (χ1) is 12.3. The molecule has 0 aromatic carbocycles. The first-order valence-electron chi connectivity index (χ1n) is 8.40. The molecule has 10 nitrogen and oxygen atoms in total. The van der Waals surface area contributed by atoms with Crippen LogP contribution in [0.2, 0.25) is 0 Å². The van der Waals surface area contributed by atoms with Gasteiger partial charge in [0.2, 0.25) is 0 Å². The molecular formula is C16H28O10. The Labute approximate surface area is 151 Å². The number of hydrogen-bond donors (Lipinski definition) is 5. The van der Waals surface area contributed by atoms with Crippen LogP contribution < -0.4 is 0 Å². The Hall–Kier alpha value is -0.660. The molecule has 0 unspecified atom stereocenters. The summed E-state index contributed by atoms with van der Waals surface area (Å²) in [6, 6.07) is 0. The number of rotatable bonds is 7. The van der Waals surface area contributed by atoms with Crippen LogP contribution >= 0.6 is 0 Å². The van der Waals surface area contributed by atoms with Gasteiger partial charge >= 0.3 is 0 Å². The lowest BCUT2D eigenvalue weighted by molar-refractivity contribution is -0.365. The predicted molar refractivity (Wildman–Crippen MR) is 85.9 cm³/mol. The van der Waals surface area contributed by atoms with Crippen molar-refractivity contribution in [2.24, 2.45) is 0 Å². The second-order valence-electron chi connectivity index (χ2n) is 6.32. The molecule has 0 spiro atoms. The quantitative estimate of drug-likeness (QED) is 0.300. The van der Waals surface area contributed by atoms with E-state index in [1.54, 1.807) is 6.92 Å². The van der Waals surface area contributed by atoms with E-state index in [0.717, 1.165) is 0 Å². The van der Waals surface area contributed by atoms with Gasteiger partial charge in [-0.15, -0.1) is 6.58 Å². The molecule has 2 heterocycles. The summed E-state index contributed by atoms with van der Waals surface area (Å²) < 4.78 is 27.3. The molecule has 0 amide bonds. The lowest BCUT2D eigenvalue weighted by atomic mass is 9.97. The summed E-state index contributed by atoms with van der Waals surface area (Å²) in [6.45, 7) is 4.62. The molecule has 0 aliphatic carbocycles. The van der Waals surface area contributed by atoms with Crippen LogP contribution in [0.1, 0.15) is 6.92 Å². The zero-order chi connectivity index (χ0) is 19.4. The molecule has 2 aliphatic heterocycles. The van der Waals surface area contributed by atoms with Crippen molar-refractivity contribution >= 4 is 0 Å². The lowest BCUT2D eigenvalue weighted by Crippen LogP contribution is -2.64. The average molecular weight is 380 g/mol. The van der Waals surface area contributed by atoms with Crippen molar-refractivity contribution in [1.29, 1.82) is 0 Å². The van der Waals surface area contributed by atoms with Crippen LogP contribution in [-0.4, -0.2) is 107 Å². The summed E-state index contributed by atoms with van der Waals surface area (Å²) in [5.74, 6) is 0. The van der Waals surface area contributed by atoms with Crippen LogP contribution in [0.3, 0.4) is 0 Å². The molecule has 0 radical (unpaired) electrons. The molecule has 152 valence electrons. The maximum atomic E-state index is 10.4. The number of hydrogen-bond acceptors (Lipinski definition) is 10. The normalized spacial score (nSPS) is 46.9. The Morgan fingerprint density at radius 1 is 0.962 bits per heavy atom. The summed E-state index contributed by atoms with van der Waals surface area (Å²) in [5, 5.41) is 49.9. The molecule has 0 aromatic rings. The van der Waals surface area contributed by atoms with Crippen LogP contribution in [-0.2, 0) is 23.7 Å². The first kappa shape index (κ1) is 21.6. The minimum atomic E-state index is -1.46. The SMILES string of the molecule is C=CCO[C@@H]1O[C@H](CO)[C@H](O)[C@H](O)[C@H]1O[C@@H]1O[C@@H](C)[C@@H](O)[C@@H](O)[C@@H]1OC. The molecule has 26 heavy (non-hydrogen) atoms. The van der Waals surface area contributed by atoms with Crippen molar-refractivity contribution < 1.29 is 49.2 Å². The van der Waals surface area contributed by atoms with Gasteiger partial charge in [-0.05, 0) is 6.92 Å². The van der Waals surface area contributed by atoms with E-state index in [2.05, 4.69) is 6.58 Å². The van der Waals surface area contributed by atoms with Crippen molar-refractivity contribution in [3.8, 4) is 0 Å². The summed E-state index contributed by atoms with van der Waals surface area (Å²) >= 11 is 0. The van der Waals surface area contributed by atoms with Gasteiger partial charge in [-0.25, -0.2) is 0 Å². The maximum absolute atomic E-state index is 10.4. The zero-order valence-electron chi connectivity index (χ0n) is 14.7. The predicted octanol–water partition coefficient (Wildman–Crippen LogP) is -2.51. The lowest BCUT2D eigenvalue weighted by Gasteiger charge is -2.46. The molecule has 0 aromatic heterocycles. The topological polar surface area (TPSA) is 147 Å². The highest BCUT2D eigenvalue weighted by Crippen LogP contribution is 2.30. The molecular weight excluding hydrogens is 352 g/mol. The highest BCUT2D eigenvalue weighted by Gasteiger charge is 2.50. The van der Waals surface area contributed by atoms with E-state index in [1.807, 2.05) is 0 Å². The maximum Gasteiger partial charge on any atom is 0.187 e. The highest BCUT2D eigenvalue weighted by atomic mass is 16.8. The number of ether oxygens (including phenoxy) is 5. The van der Waals surface area contributed by atoms with E-state index >= 15 is 0 Å². The fourth-order valence-corrected chi connectivity index (χ4v) is 3.02. The van der Waals surface area contributed by atoms with Gasteiger partial charge in [-0.1, -0.05) is 6.08 Å². The fourth-order valence-electron chi connectivity index (χ4n) is 3.02. The second-order valence-corrected chi connectivity index (χ2v) is 6.32. The summed E-state index contributed by atoms with van der Waals surface area (Å²) in [7, 11) is 1.31. The summed E-state index contributed by atoms with van der Waals surface area (Å²) in [5.41, 5.74) is 0. The van der Waals surface area contributed by atoms with Gasteiger partial charge in [0.25, 0.3) is 0 Å². The molecule has 10 atom stereocenters. The monoisotopic (exact) mass is 380 g/mol. The Kier molecular flexibility index (Phi) is 7.91. The van der Waals surface area contributed by atoms with Gasteiger partial charge in [0.15, 0.2) is 12.6 Å². The third-order valence-electron chi connectivity index (χ3n) is 4.55. The highest BCUT2D eigenvalue weighted by molar-refractivity contribution is 4.93. The Morgan fingerprint density at radius 3 is 2.19 bits per heavy atom. The first-order valence-corrected chi connectivity index (χ1v) is 8.40. The van der Waals surface area contributed by atoms with Crippen molar-refractivity contribution in [3.05, 3.63) is 12.7 Å². The summed E-state index contributed by atoms with van der Waals surface area (Å²) in [4.78, 5) is 0. The standard InChI is InChI=1S/C16H28O10/c1-4-5-23-15-14(12(21)10(19)8(6-17)25-15)26-16-13(22-3)11(20)9(18)7(2)24-16/h4,7-21H,1,5-6H2,2-3H3/t7-,8+,9+,10-,11+,12-,13-,14+,15+,16-/m0/s1. The van der Waals surface area contributed by atoms with E-state index in [0.29, 0.717) is 0 Å². The minimum absolute atomic E-state index is 0.0719. The Balaban J connectivity index is 2.17. The van der Waals surface area contributed by atoms with Gasteiger partial charge in [0.05, 0.1) is 19.3 Å². The third kappa shape index (κ3) is 4.42. The molecule has 0 bridgehead atoms. The van der Waals surface area contributed by atoms with E-state index in [-0.39, 0.29) is 6.61 Å². The molecule has 10 heteroatoms. The van der Waals surface area contributed by atoms with Crippen LogP contribution in [0, 0.1) is 0 Å². The molecule has 2 rings (SSSR count). The van der Waals surface area contributed by atoms with Crippen LogP contribution in [0.25, 0.3) is 0 Å². The second kappa shape index (κ2) is 9.51. The summed E-state index contributed by atoms with van der Waals surface area (Å²) in [6.07, 6.45) is -10.2. The molecule has 5 N–H and O–H groups in total. The Bertz CT molecular complexity index is 449. The largest absolute Gasteiger partial charge is 0.394 e. The van der Waals surface area contributed by atoms with Crippen molar-refractivity contribution in [2.45, 2.75) is 68.3 Å². The van der Waals surface area contributed by atoms with Gasteiger partial charge in [-0.2, -0.15) is 0 Å². The average Bonchev–Trinajstić information content (AvgIpc) is 2.63. The van der Waals surface area contributed by atoms with E-state index in [4.69, 9.17) is 23.7 Å². The fraction of sp³-hybridized carbons (Fsp3) is 0.875. The molecule has 2 saturated heterocycles. The van der Waals surface area contributed by atoms with Gasteiger partial charge in [0.1, 0.15) is 42.7 Å². The smallest absolute Gasteiger partial charge is 0.187 e. The number of aliphatic hydroxyl groups is 5. The minimum Gasteiger partial charge on any atom is -0.394 e. The van der Waals surface area contributed by atoms with Gasteiger partial charge in [-0.3, -0.25) is 0 Å². The van der Waals surface area contributed by atoms with Crippen LogP contribution in [0.5, 0.6) is 0 Å². The van der Waals surface area contributed by atoms with Crippen molar-refractivity contribution in [2.75, 3.05) is 20.3 Å². The van der Waals surface area contributed by atoms with E-state index in [9.17, 15) is 25.5 Å². The van der Waals surface area contributed by atoms with E-state index < -0.39 is 68.0 Å². The number of aliphatic hydroxyl groups excluding tert-OH is 5. The van der Waals surface area contributed by atoms with Crippen molar-refractivity contribution in [1.82, 2.24) is 0 Å². The van der Waals surface area contributed by atoms with Gasteiger partial charge < -0.3 is 49.2 Å². The number of methoxy groups -OCH3 is 1. The van der Waals surface area contributed by atoms with Crippen LogP contribution in [0.4, 0.5) is 0 Å². The van der Waals surface area contributed by atoms with Gasteiger partial charge in [0, 0.05) is 7.11 Å².